The molecule has 66 heavy (non-hydrogen) atoms. The molecule has 0 rings (SSSR count). The quantitative estimate of drug-likeness (QED) is 0.0321. The summed E-state index contributed by atoms with van der Waals surface area (Å²) in [5, 5.41) is 51.1. The molecule has 0 heterocycles. The molecule has 0 aromatic carbocycles. The van der Waals surface area contributed by atoms with Gasteiger partial charge in [0, 0.05) is 0 Å². The Kier molecular flexibility index (Phi) is 26.9. The average Bonchev–Trinajstić information content (AvgIpc) is 3.23. The normalized spacial score (nSPS) is 16.2. The number of primary amides is 1. The average molecular weight is 944 g/mol. The van der Waals surface area contributed by atoms with Gasteiger partial charge in [-0.05, 0) is 43.9 Å². The molecule has 0 aliphatic carbocycles. The number of carbonyl (C=O) groups is 11. The number of nitrogens with one attached hydrogen (secondary N) is 9. The van der Waals surface area contributed by atoms with E-state index in [1.165, 1.54) is 6.92 Å². The molecule has 0 bridgehead atoms. The van der Waals surface area contributed by atoms with Gasteiger partial charge in [-0.2, -0.15) is 0 Å². The molecule has 0 saturated heterocycles. The number of aliphatic hydroxyl groups is 2. The lowest BCUT2D eigenvalue weighted by atomic mass is 9.97. The van der Waals surface area contributed by atoms with Crippen LogP contribution in [0.25, 0.3) is 0 Å². The highest BCUT2D eigenvalue weighted by Crippen LogP contribution is 2.12. The summed E-state index contributed by atoms with van der Waals surface area (Å²) in [5.41, 5.74) is 10.9. The van der Waals surface area contributed by atoms with E-state index < -0.39 is 163 Å². The number of hydrogen-bond acceptors (Lipinski definition) is 14. The maximum Gasteiger partial charge on any atom is 0.326 e. The lowest BCUT2D eigenvalue weighted by molar-refractivity contribution is -0.144. The van der Waals surface area contributed by atoms with Crippen molar-refractivity contribution in [1.82, 2.24) is 47.9 Å². The molecule has 0 unspecified atom stereocenters. The van der Waals surface area contributed by atoms with E-state index in [0.717, 1.165) is 6.92 Å². The van der Waals surface area contributed by atoms with Gasteiger partial charge in [-0.25, -0.2) is 4.79 Å². The standard InChI is InChI=1S/C41H73N11O14/c1-11-20(7)31(49-28(56)15-44-35(59)24(13-18(3)4)46-34(58)22(9)42)38(62)45-16-29(57)50-33(23(10)54)40(64)47-25(14-27(43)55)36(60)48-26(17-53)37(61)51-30(19(5)6)39(63)52-32(41(65)66)21(8)12-2/h18-26,30-33,53-54H,11-17,42H2,1-10H3,(H2,43,55)(H,44,59)(H,45,62)(H,46,58)(H,47,64)(H,48,60)(H,49,56)(H,50,57)(H,51,61)(H,52,63)(H,65,66)/t20-,21-,22-,23+,24-,25+,26-,30-,31-,32-,33-/m0/s1. The van der Waals surface area contributed by atoms with Gasteiger partial charge in [0.05, 0.1) is 38.3 Å². The van der Waals surface area contributed by atoms with Gasteiger partial charge < -0.3 is 74.6 Å². The molecule has 25 nitrogen and oxygen atoms in total. The summed E-state index contributed by atoms with van der Waals surface area (Å²) >= 11 is 0. The fourth-order valence-electron chi connectivity index (χ4n) is 5.98. The van der Waals surface area contributed by atoms with Gasteiger partial charge in [-0.1, -0.05) is 68.2 Å². The number of rotatable bonds is 30. The summed E-state index contributed by atoms with van der Waals surface area (Å²) in [5.74, 6) is -12.2. The molecule has 16 N–H and O–H groups in total. The van der Waals surface area contributed by atoms with Crippen molar-refractivity contribution in [2.24, 2.45) is 35.1 Å². The zero-order valence-electron chi connectivity index (χ0n) is 39.4. The lowest BCUT2D eigenvalue weighted by Crippen LogP contribution is -2.62. The van der Waals surface area contributed by atoms with Crippen molar-refractivity contribution in [3.63, 3.8) is 0 Å². The molecular formula is C41H73N11O14. The first-order chi connectivity index (χ1) is 30.6. The minimum absolute atomic E-state index is 0.00647. The van der Waals surface area contributed by atoms with Gasteiger partial charge in [0.15, 0.2) is 0 Å². The summed E-state index contributed by atoms with van der Waals surface area (Å²) < 4.78 is 0. The van der Waals surface area contributed by atoms with E-state index in [2.05, 4.69) is 47.9 Å². The lowest BCUT2D eigenvalue weighted by Gasteiger charge is -2.28. The molecule has 0 spiro atoms. The van der Waals surface area contributed by atoms with Crippen LogP contribution < -0.4 is 59.3 Å². The minimum Gasteiger partial charge on any atom is -0.480 e. The molecule has 0 aromatic rings. The summed E-state index contributed by atoms with van der Waals surface area (Å²) in [7, 11) is 0. The molecule has 10 amide bonds. The highest BCUT2D eigenvalue weighted by molar-refractivity contribution is 5.98. The van der Waals surface area contributed by atoms with E-state index >= 15 is 0 Å². The summed E-state index contributed by atoms with van der Waals surface area (Å²) in [6.07, 6.45) is -1.47. The third kappa shape index (κ3) is 21.4. The van der Waals surface area contributed by atoms with Crippen LogP contribution in [0.4, 0.5) is 0 Å². The number of carboxylic acids is 1. The Morgan fingerprint density at radius 1 is 0.515 bits per heavy atom. The van der Waals surface area contributed by atoms with Crippen LogP contribution in [0.1, 0.15) is 94.9 Å². The van der Waals surface area contributed by atoms with Crippen LogP contribution in [0.5, 0.6) is 0 Å². The summed E-state index contributed by atoms with van der Waals surface area (Å²) in [6.45, 7) is 13.6. The number of hydrogen-bond donors (Lipinski definition) is 14. The van der Waals surface area contributed by atoms with Gasteiger partial charge in [-0.15, -0.1) is 0 Å². The zero-order valence-corrected chi connectivity index (χ0v) is 39.4. The largest absolute Gasteiger partial charge is 0.480 e. The van der Waals surface area contributed by atoms with E-state index in [-0.39, 0.29) is 12.3 Å². The van der Waals surface area contributed by atoms with Crippen LogP contribution in [0, 0.1) is 23.7 Å². The maximum atomic E-state index is 13.4. The number of aliphatic carboxylic acids is 1. The molecule has 376 valence electrons. The van der Waals surface area contributed by atoms with Crippen LogP contribution in [-0.4, -0.2) is 154 Å². The fourth-order valence-corrected chi connectivity index (χ4v) is 5.98. The zero-order chi connectivity index (χ0) is 51.2. The second-order valence-electron chi connectivity index (χ2n) is 17.0. The number of nitrogens with two attached hydrogens (primary N) is 2. The highest BCUT2D eigenvalue weighted by Gasteiger charge is 2.36. The number of aliphatic hydroxyl groups excluding tert-OH is 2. The van der Waals surface area contributed by atoms with Gasteiger partial charge >= 0.3 is 5.97 Å². The van der Waals surface area contributed by atoms with Gasteiger partial charge in [-0.3, -0.25) is 47.9 Å². The Balaban J connectivity index is 5.84. The van der Waals surface area contributed by atoms with Crippen LogP contribution in [0.2, 0.25) is 0 Å². The first-order valence-corrected chi connectivity index (χ1v) is 21.8. The summed E-state index contributed by atoms with van der Waals surface area (Å²) in [4.78, 5) is 141. The first kappa shape index (κ1) is 60.1. The van der Waals surface area contributed by atoms with Gasteiger partial charge in [0.1, 0.15) is 42.3 Å². The highest BCUT2D eigenvalue weighted by atomic mass is 16.4. The van der Waals surface area contributed by atoms with E-state index in [4.69, 9.17) is 11.5 Å². The Hall–Kier alpha value is -5.95. The smallest absolute Gasteiger partial charge is 0.326 e. The maximum absolute atomic E-state index is 13.4. The van der Waals surface area contributed by atoms with E-state index in [9.17, 15) is 68.1 Å². The second kappa shape index (κ2) is 29.6. The Labute approximate surface area is 384 Å². The van der Waals surface area contributed by atoms with Crippen molar-refractivity contribution < 1.29 is 68.1 Å². The van der Waals surface area contributed by atoms with Crippen LogP contribution in [0.3, 0.4) is 0 Å². The molecule has 0 aliphatic heterocycles. The SMILES string of the molecule is CC[C@H](C)[C@H](NC(=O)[C@@H](NC(=O)[C@H](CO)NC(=O)[C@@H](CC(N)=O)NC(=O)[C@@H](NC(=O)CNC(=O)[C@@H](NC(=O)CNC(=O)[C@H](CC(C)C)NC(=O)[C@H](C)N)[C@@H](C)CC)[C@@H](C)O)C(C)C)C(=O)O. The first-order valence-electron chi connectivity index (χ1n) is 21.8. The molecule has 25 heteroatoms. The van der Waals surface area contributed by atoms with E-state index in [0.29, 0.717) is 12.8 Å². The Morgan fingerprint density at radius 3 is 1.39 bits per heavy atom. The topological polar surface area (TPSA) is 409 Å². The van der Waals surface area contributed by atoms with E-state index in [1.807, 2.05) is 13.8 Å². The number of carbonyl (C=O) groups excluding carboxylic acids is 10. The monoisotopic (exact) mass is 944 g/mol. The van der Waals surface area contributed by atoms with Gasteiger partial charge in [0.2, 0.25) is 59.1 Å². The Bertz CT molecular complexity index is 1710. The third-order valence-electron chi connectivity index (χ3n) is 10.4. The van der Waals surface area contributed by atoms with E-state index in [1.54, 1.807) is 41.5 Å². The number of carboxylic acid groups (broad SMARTS) is 1. The van der Waals surface area contributed by atoms with Crippen molar-refractivity contribution in [3.8, 4) is 0 Å². The molecule has 0 saturated carbocycles. The number of amides is 10. The van der Waals surface area contributed by atoms with Crippen molar-refractivity contribution in [3.05, 3.63) is 0 Å². The van der Waals surface area contributed by atoms with Crippen LogP contribution in [-0.2, 0) is 52.7 Å². The predicted molar refractivity (Wildman–Crippen MR) is 237 cm³/mol. The van der Waals surface area contributed by atoms with Gasteiger partial charge in [0.25, 0.3) is 0 Å². The summed E-state index contributed by atoms with van der Waals surface area (Å²) in [6, 6.07) is -11.1. The molecule has 0 fully saturated rings. The van der Waals surface area contributed by atoms with Crippen molar-refractivity contribution in [2.45, 2.75) is 149 Å². The van der Waals surface area contributed by atoms with Crippen molar-refractivity contribution in [1.29, 1.82) is 0 Å². The van der Waals surface area contributed by atoms with Crippen molar-refractivity contribution in [2.75, 3.05) is 19.7 Å². The van der Waals surface area contributed by atoms with Crippen LogP contribution >= 0.6 is 0 Å². The predicted octanol–water partition coefficient (Wildman–Crippen LogP) is -4.91. The van der Waals surface area contributed by atoms with Crippen molar-refractivity contribution >= 4 is 65.0 Å². The molecule has 0 aromatic heterocycles. The third-order valence-corrected chi connectivity index (χ3v) is 10.4. The molecule has 11 atom stereocenters. The second-order valence-corrected chi connectivity index (χ2v) is 17.0. The molecule has 0 aliphatic rings. The van der Waals surface area contributed by atoms with Crippen LogP contribution in [0.15, 0.2) is 0 Å². The Morgan fingerprint density at radius 2 is 0.955 bits per heavy atom. The minimum atomic E-state index is -1.84. The fraction of sp³-hybridized carbons (Fsp3) is 0.732. The molecule has 0 radical (unpaired) electrons. The molecular weight excluding hydrogens is 871 g/mol.